The SMILES string of the molecule is COc1ccc2c(c1)C(Nc1cccnc1OC)CCC2. The molecule has 0 bridgehead atoms. The van der Waals surface area contributed by atoms with Gasteiger partial charge >= 0.3 is 0 Å². The Bertz CT molecular complexity index is 628. The summed E-state index contributed by atoms with van der Waals surface area (Å²) in [6, 6.07) is 10.5. The van der Waals surface area contributed by atoms with E-state index < -0.39 is 0 Å². The van der Waals surface area contributed by atoms with Gasteiger partial charge in [-0.3, -0.25) is 0 Å². The smallest absolute Gasteiger partial charge is 0.237 e. The van der Waals surface area contributed by atoms with Gasteiger partial charge in [0, 0.05) is 6.20 Å². The molecule has 4 heteroatoms. The molecule has 21 heavy (non-hydrogen) atoms. The van der Waals surface area contributed by atoms with Crippen LogP contribution in [0.3, 0.4) is 0 Å². The normalized spacial score (nSPS) is 17.0. The monoisotopic (exact) mass is 284 g/mol. The number of aryl methyl sites for hydroxylation is 1. The Morgan fingerprint density at radius 2 is 2.10 bits per heavy atom. The molecule has 0 saturated carbocycles. The third kappa shape index (κ3) is 2.79. The number of ether oxygens (including phenoxy) is 2. The number of benzene rings is 1. The number of hydrogen-bond donors (Lipinski definition) is 1. The quantitative estimate of drug-likeness (QED) is 0.931. The van der Waals surface area contributed by atoms with Crippen molar-refractivity contribution >= 4 is 5.69 Å². The first-order valence-corrected chi connectivity index (χ1v) is 7.24. The second-order valence-electron chi connectivity index (χ2n) is 5.21. The molecule has 3 rings (SSSR count). The largest absolute Gasteiger partial charge is 0.497 e. The summed E-state index contributed by atoms with van der Waals surface area (Å²) >= 11 is 0. The molecule has 0 saturated heterocycles. The van der Waals surface area contributed by atoms with Gasteiger partial charge in [-0.1, -0.05) is 6.07 Å². The molecule has 1 heterocycles. The van der Waals surface area contributed by atoms with Crippen molar-refractivity contribution in [3.8, 4) is 11.6 Å². The molecule has 1 N–H and O–H groups in total. The van der Waals surface area contributed by atoms with Crippen molar-refractivity contribution in [1.29, 1.82) is 0 Å². The van der Waals surface area contributed by atoms with Gasteiger partial charge in [0.1, 0.15) is 5.75 Å². The highest BCUT2D eigenvalue weighted by molar-refractivity contribution is 5.55. The number of aromatic nitrogens is 1. The van der Waals surface area contributed by atoms with E-state index in [1.54, 1.807) is 20.4 Å². The van der Waals surface area contributed by atoms with Crippen molar-refractivity contribution < 1.29 is 9.47 Å². The second-order valence-corrected chi connectivity index (χ2v) is 5.21. The van der Waals surface area contributed by atoms with Crippen LogP contribution in [0.25, 0.3) is 0 Å². The van der Waals surface area contributed by atoms with Gasteiger partial charge in [-0.2, -0.15) is 0 Å². The van der Waals surface area contributed by atoms with Gasteiger partial charge in [0.05, 0.1) is 25.9 Å². The van der Waals surface area contributed by atoms with Gasteiger partial charge in [0.15, 0.2) is 0 Å². The molecule has 0 fully saturated rings. The Morgan fingerprint density at radius 1 is 1.19 bits per heavy atom. The Balaban J connectivity index is 1.91. The van der Waals surface area contributed by atoms with Crippen LogP contribution < -0.4 is 14.8 Å². The van der Waals surface area contributed by atoms with E-state index in [2.05, 4.69) is 22.4 Å². The second kappa shape index (κ2) is 6.04. The lowest BCUT2D eigenvalue weighted by Crippen LogP contribution is -2.18. The molecular formula is C17H20N2O2. The van der Waals surface area contributed by atoms with E-state index in [9.17, 15) is 0 Å². The van der Waals surface area contributed by atoms with Crippen LogP contribution in [0, 0.1) is 0 Å². The molecular weight excluding hydrogens is 264 g/mol. The highest BCUT2D eigenvalue weighted by Crippen LogP contribution is 2.36. The van der Waals surface area contributed by atoms with Crippen LogP contribution >= 0.6 is 0 Å². The number of nitrogens with one attached hydrogen (secondary N) is 1. The van der Waals surface area contributed by atoms with E-state index in [1.165, 1.54) is 17.5 Å². The van der Waals surface area contributed by atoms with E-state index >= 15 is 0 Å². The zero-order chi connectivity index (χ0) is 14.7. The molecule has 4 nitrogen and oxygen atoms in total. The number of hydrogen-bond acceptors (Lipinski definition) is 4. The van der Waals surface area contributed by atoms with Gasteiger partial charge < -0.3 is 14.8 Å². The number of methoxy groups -OCH3 is 2. The van der Waals surface area contributed by atoms with E-state index in [0.717, 1.165) is 24.3 Å². The molecule has 0 spiro atoms. The molecule has 1 unspecified atom stereocenters. The number of pyridine rings is 1. The predicted molar refractivity (Wildman–Crippen MR) is 83.1 cm³/mol. The van der Waals surface area contributed by atoms with E-state index in [4.69, 9.17) is 9.47 Å². The average molecular weight is 284 g/mol. The van der Waals surface area contributed by atoms with Crippen molar-refractivity contribution in [2.24, 2.45) is 0 Å². The number of rotatable bonds is 4. The summed E-state index contributed by atoms with van der Waals surface area (Å²) in [7, 11) is 3.35. The molecule has 2 aromatic rings. The Kier molecular flexibility index (Phi) is 3.95. The highest BCUT2D eigenvalue weighted by atomic mass is 16.5. The van der Waals surface area contributed by atoms with Crippen LogP contribution in [0.5, 0.6) is 11.6 Å². The zero-order valence-corrected chi connectivity index (χ0v) is 12.4. The van der Waals surface area contributed by atoms with Gasteiger partial charge in [-0.25, -0.2) is 4.98 Å². The van der Waals surface area contributed by atoms with Crippen LogP contribution in [0.2, 0.25) is 0 Å². The topological polar surface area (TPSA) is 43.4 Å². The van der Waals surface area contributed by atoms with Crippen LogP contribution in [0.1, 0.15) is 30.0 Å². The predicted octanol–water partition coefficient (Wildman–Crippen LogP) is 3.59. The maximum atomic E-state index is 5.36. The van der Waals surface area contributed by atoms with Crippen LogP contribution in [-0.4, -0.2) is 19.2 Å². The van der Waals surface area contributed by atoms with E-state index in [0.29, 0.717) is 5.88 Å². The summed E-state index contributed by atoms with van der Waals surface area (Å²) < 4.78 is 10.7. The van der Waals surface area contributed by atoms with Crippen molar-refractivity contribution in [3.05, 3.63) is 47.7 Å². The fourth-order valence-electron chi connectivity index (χ4n) is 2.91. The molecule has 110 valence electrons. The molecule has 1 aromatic carbocycles. The number of fused-ring (bicyclic) bond motifs is 1. The standard InChI is InChI=1S/C17H20N2O2/c1-20-13-9-8-12-5-3-6-15(14(12)11-13)19-16-7-4-10-18-17(16)21-2/h4,7-11,15,19H,3,5-6H2,1-2H3. The van der Waals surface area contributed by atoms with Crippen LogP contribution in [0.4, 0.5) is 5.69 Å². The Hall–Kier alpha value is -2.23. The van der Waals surface area contributed by atoms with E-state index in [-0.39, 0.29) is 6.04 Å². The molecule has 0 aliphatic heterocycles. The summed E-state index contributed by atoms with van der Waals surface area (Å²) in [5, 5.41) is 3.56. The lowest BCUT2D eigenvalue weighted by molar-refractivity contribution is 0.398. The molecule has 1 aromatic heterocycles. The molecule has 0 radical (unpaired) electrons. The first-order valence-electron chi connectivity index (χ1n) is 7.24. The molecule has 1 atom stereocenters. The first kappa shape index (κ1) is 13.7. The summed E-state index contributed by atoms with van der Waals surface area (Å²) in [5.74, 6) is 1.54. The maximum absolute atomic E-state index is 5.36. The third-order valence-corrected chi connectivity index (χ3v) is 3.96. The van der Waals surface area contributed by atoms with Gasteiger partial charge in [0.25, 0.3) is 0 Å². The average Bonchev–Trinajstić information content (AvgIpc) is 2.55. The Morgan fingerprint density at radius 3 is 2.90 bits per heavy atom. The highest BCUT2D eigenvalue weighted by Gasteiger charge is 2.21. The summed E-state index contributed by atoms with van der Waals surface area (Å²) in [6.07, 6.45) is 5.14. The summed E-state index contributed by atoms with van der Waals surface area (Å²) in [5.41, 5.74) is 3.63. The lowest BCUT2D eigenvalue weighted by Gasteiger charge is -2.28. The Labute approximate surface area is 125 Å². The van der Waals surface area contributed by atoms with Crippen LogP contribution in [0.15, 0.2) is 36.5 Å². The van der Waals surface area contributed by atoms with Crippen molar-refractivity contribution in [3.63, 3.8) is 0 Å². The maximum Gasteiger partial charge on any atom is 0.237 e. The van der Waals surface area contributed by atoms with Crippen molar-refractivity contribution in [2.75, 3.05) is 19.5 Å². The minimum atomic E-state index is 0.266. The minimum absolute atomic E-state index is 0.266. The third-order valence-electron chi connectivity index (χ3n) is 3.96. The van der Waals surface area contributed by atoms with Gasteiger partial charge in [0.2, 0.25) is 5.88 Å². The lowest BCUT2D eigenvalue weighted by atomic mass is 9.87. The fraction of sp³-hybridized carbons (Fsp3) is 0.353. The minimum Gasteiger partial charge on any atom is -0.497 e. The molecule has 1 aliphatic carbocycles. The summed E-state index contributed by atoms with van der Waals surface area (Å²) in [6.45, 7) is 0. The molecule has 1 aliphatic rings. The van der Waals surface area contributed by atoms with Crippen molar-refractivity contribution in [2.45, 2.75) is 25.3 Å². The van der Waals surface area contributed by atoms with Crippen LogP contribution in [-0.2, 0) is 6.42 Å². The van der Waals surface area contributed by atoms with Gasteiger partial charge in [-0.05, 0) is 54.7 Å². The number of nitrogens with zero attached hydrogens (tertiary/aromatic N) is 1. The molecule has 0 amide bonds. The van der Waals surface area contributed by atoms with Gasteiger partial charge in [-0.15, -0.1) is 0 Å². The first-order chi connectivity index (χ1) is 10.3. The summed E-state index contributed by atoms with van der Waals surface area (Å²) in [4.78, 5) is 4.24. The number of anilines is 1. The van der Waals surface area contributed by atoms with E-state index in [1.807, 2.05) is 18.2 Å². The fourth-order valence-corrected chi connectivity index (χ4v) is 2.91. The van der Waals surface area contributed by atoms with Crippen molar-refractivity contribution in [1.82, 2.24) is 4.98 Å². The zero-order valence-electron chi connectivity index (χ0n) is 12.4.